The Hall–Kier alpha value is -2.89. The van der Waals surface area contributed by atoms with Crippen LogP contribution in [-0.2, 0) is 4.79 Å². The van der Waals surface area contributed by atoms with E-state index in [9.17, 15) is 14.7 Å². The molecule has 0 radical (unpaired) electrons. The van der Waals surface area contributed by atoms with Crippen molar-refractivity contribution in [1.82, 2.24) is 15.1 Å². The molecule has 1 atom stereocenters. The fourth-order valence-electron chi connectivity index (χ4n) is 2.55. The van der Waals surface area contributed by atoms with Crippen molar-refractivity contribution in [2.24, 2.45) is 0 Å². The first-order valence-electron chi connectivity index (χ1n) is 8.12. The molecule has 0 saturated heterocycles. The fraction of sp³-hybridized carbons (Fsp3) is 0.316. The minimum absolute atomic E-state index is 0.238. The molecule has 0 bridgehead atoms. The summed E-state index contributed by atoms with van der Waals surface area (Å²) < 4.78 is 1.71. The Morgan fingerprint density at radius 2 is 2.04 bits per heavy atom. The van der Waals surface area contributed by atoms with Crippen LogP contribution in [0.2, 0.25) is 0 Å². The van der Waals surface area contributed by atoms with E-state index in [2.05, 4.69) is 10.4 Å². The Kier molecular flexibility index (Phi) is 5.75. The van der Waals surface area contributed by atoms with Gasteiger partial charge in [-0.2, -0.15) is 5.10 Å². The highest BCUT2D eigenvalue weighted by molar-refractivity contribution is 5.97. The van der Waals surface area contributed by atoms with Gasteiger partial charge in [0.25, 0.3) is 5.91 Å². The molecule has 132 valence electrons. The first-order chi connectivity index (χ1) is 11.8. The van der Waals surface area contributed by atoms with Gasteiger partial charge in [0.15, 0.2) is 0 Å². The lowest BCUT2D eigenvalue weighted by molar-refractivity contribution is -0.139. The number of nitrogens with one attached hydrogen (secondary N) is 1. The molecule has 1 amide bonds. The van der Waals surface area contributed by atoms with E-state index in [-0.39, 0.29) is 6.42 Å². The number of aromatic nitrogens is 2. The molecular formula is C19H23N3O3. The second-order valence-corrected chi connectivity index (χ2v) is 6.01. The van der Waals surface area contributed by atoms with Crippen molar-refractivity contribution < 1.29 is 14.7 Å². The van der Waals surface area contributed by atoms with E-state index in [1.165, 1.54) is 6.20 Å². The van der Waals surface area contributed by atoms with E-state index in [0.29, 0.717) is 11.3 Å². The number of rotatable bonds is 6. The molecule has 0 saturated carbocycles. The highest BCUT2D eigenvalue weighted by Gasteiger charge is 2.22. The van der Waals surface area contributed by atoms with E-state index in [0.717, 1.165) is 16.8 Å². The van der Waals surface area contributed by atoms with Crippen LogP contribution in [0.25, 0.3) is 5.69 Å². The van der Waals surface area contributed by atoms with E-state index < -0.39 is 17.9 Å². The average molecular weight is 341 g/mol. The molecule has 0 spiro atoms. The zero-order valence-electron chi connectivity index (χ0n) is 14.9. The van der Waals surface area contributed by atoms with Crippen LogP contribution in [0, 0.1) is 20.8 Å². The topological polar surface area (TPSA) is 84.2 Å². The molecule has 2 N–H and O–H groups in total. The average Bonchev–Trinajstić information content (AvgIpc) is 2.94. The van der Waals surface area contributed by atoms with Gasteiger partial charge in [0.2, 0.25) is 0 Å². The van der Waals surface area contributed by atoms with Gasteiger partial charge in [0.05, 0.1) is 23.1 Å². The van der Waals surface area contributed by atoms with Gasteiger partial charge in [-0.25, -0.2) is 9.48 Å². The van der Waals surface area contributed by atoms with Gasteiger partial charge in [0.1, 0.15) is 6.04 Å². The lowest BCUT2D eigenvalue weighted by atomic mass is 10.1. The Morgan fingerprint density at radius 1 is 1.32 bits per heavy atom. The molecule has 0 aliphatic carbocycles. The first-order valence-corrected chi connectivity index (χ1v) is 8.12. The van der Waals surface area contributed by atoms with Crippen LogP contribution >= 0.6 is 0 Å². The van der Waals surface area contributed by atoms with Crippen LogP contribution in [-0.4, -0.2) is 32.8 Å². The Labute approximate surface area is 147 Å². The van der Waals surface area contributed by atoms with Crippen molar-refractivity contribution in [2.45, 2.75) is 40.2 Å². The Morgan fingerprint density at radius 3 is 2.68 bits per heavy atom. The predicted molar refractivity (Wildman–Crippen MR) is 96.1 cm³/mol. The molecule has 6 nitrogen and oxygen atoms in total. The van der Waals surface area contributed by atoms with Gasteiger partial charge >= 0.3 is 5.97 Å². The highest BCUT2D eigenvalue weighted by atomic mass is 16.4. The maximum atomic E-state index is 12.5. The number of hydrogen-bond donors (Lipinski definition) is 2. The van der Waals surface area contributed by atoms with Crippen molar-refractivity contribution in [1.29, 1.82) is 0 Å². The summed E-state index contributed by atoms with van der Waals surface area (Å²) in [5.41, 5.74) is 4.08. The SMILES string of the molecule is C/C=C/CC(NC(=O)c1cnn(-c2cc(C)ccc2C)c1C)C(=O)O. The quantitative estimate of drug-likeness (QED) is 0.791. The molecule has 1 unspecified atom stereocenters. The van der Waals surface area contributed by atoms with Crippen molar-refractivity contribution in [2.75, 3.05) is 0 Å². The molecule has 0 aliphatic rings. The van der Waals surface area contributed by atoms with Gasteiger partial charge in [-0.05, 0) is 51.3 Å². The summed E-state index contributed by atoms with van der Waals surface area (Å²) >= 11 is 0. The van der Waals surface area contributed by atoms with Gasteiger partial charge in [-0.3, -0.25) is 4.79 Å². The fourth-order valence-corrected chi connectivity index (χ4v) is 2.55. The lowest BCUT2D eigenvalue weighted by Gasteiger charge is -2.13. The number of carbonyl (C=O) groups excluding carboxylic acids is 1. The minimum atomic E-state index is -1.06. The number of carboxylic acid groups (broad SMARTS) is 1. The van der Waals surface area contributed by atoms with Crippen LogP contribution in [0.15, 0.2) is 36.5 Å². The van der Waals surface area contributed by atoms with E-state index in [1.54, 1.807) is 30.7 Å². The van der Waals surface area contributed by atoms with Crippen molar-refractivity contribution in [3.8, 4) is 5.69 Å². The number of benzene rings is 1. The Balaban J connectivity index is 2.29. The third kappa shape index (κ3) is 4.15. The minimum Gasteiger partial charge on any atom is -0.480 e. The second kappa shape index (κ2) is 7.79. The highest BCUT2D eigenvalue weighted by Crippen LogP contribution is 2.19. The maximum Gasteiger partial charge on any atom is 0.326 e. The van der Waals surface area contributed by atoms with Gasteiger partial charge in [-0.1, -0.05) is 24.3 Å². The number of hydrogen-bond acceptors (Lipinski definition) is 3. The summed E-state index contributed by atoms with van der Waals surface area (Å²) in [5.74, 6) is -1.50. The smallest absolute Gasteiger partial charge is 0.326 e. The predicted octanol–water partition coefficient (Wildman–Crippen LogP) is 2.95. The molecule has 1 aromatic heterocycles. The summed E-state index contributed by atoms with van der Waals surface area (Å²) in [6.07, 6.45) is 5.18. The molecule has 6 heteroatoms. The molecule has 1 aromatic carbocycles. The van der Waals surface area contributed by atoms with Gasteiger partial charge in [-0.15, -0.1) is 0 Å². The van der Waals surface area contributed by atoms with Crippen molar-refractivity contribution >= 4 is 11.9 Å². The zero-order valence-corrected chi connectivity index (χ0v) is 14.9. The maximum absolute atomic E-state index is 12.5. The van der Waals surface area contributed by atoms with E-state index in [4.69, 9.17) is 0 Å². The molecule has 0 aliphatic heterocycles. The van der Waals surface area contributed by atoms with Crippen molar-refractivity contribution in [3.63, 3.8) is 0 Å². The molecule has 2 aromatic rings. The number of allylic oxidation sites excluding steroid dienone is 1. The lowest BCUT2D eigenvalue weighted by Crippen LogP contribution is -2.40. The molecule has 2 rings (SSSR count). The van der Waals surface area contributed by atoms with Crippen molar-refractivity contribution in [3.05, 3.63) is 58.9 Å². The third-order valence-electron chi connectivity index (χ3n) is 4.06. The number of aliphatic carboxylic acids is 1. The number of carboxylic acids is 1. The summed E-state index contributed by atoms with van der Waals surface area (Å²) in [6.45, 7) is 7.58. The van der Waals surface area contributed by atoms with Crippen LogP contribution in [0.3, 0.4) is 0 Å². The number of amides is 1. The standard InChI is InChI=1S/C19H23N3O3/c1-5-6-7-16(19(24)25)21-18(23)15-11-20-22(14(15)4)17-10-12(2)8-9-13(17)3/h5-6,8-11,16H,7H2,1-4H3,(H,21,23)(H,24,25)/b6-5+. The summed E-state index contributed by atoms with van der Waals surface area (Å²) in [7, 11) is 0. The van der Waals surface area contributed by atoms with Crippen LogP contribution < -0.4 is 5.32 Å². The van der Waals surface area contributed by atoms with E-state index >= 15 is 0 Å². The number of nitrogens with zero attached hydrogens (tertiary/aromatic N) is 2. The molecule has 25 heavy (non-hydrogen) atoms. The number of aryl methyl sites for hydroxylation is 2. The van der Waals surface area contributed by atoms with Crippen LogP contribution in [0.1, 0.15) is 40.5 Å². The van der Waals surface area contributed by atoms with Gasteiger partial charge in [0, 0.05) is 0 Å². The van der Waals surface area contributed by atoms with Crippen LogP contribution in [0.5, 0.6) is 0 Å². The molecule has 1 heterocycles. The number of carbonyl (C=O) groups is 2. The summed E-state index contributed by atoms with van der Waals surface area (Å²) in [5, 5.41) is 16.1. The molecular weight excluding hydrogens is 318 g/mol. The van der Waals surface area contributed by atoms with Crippen LogP contribution in [0.4, 0.5) is 0 Å². The van der Waals surface area contributed by atoms with Gasteiger partial charge < -0.3 is 10.4 Å². The Bertz CT molecular complexity index is 821. The third-order valence-corrected chi connectivity index (χ3v) is 4.06. The normalized spacial score (nSPS) is 12.3. The zero-order chi connectivity index (χ0) is 18.6. The largest absolute Gasteiger partial charge is 0.480 e. The van der Waals surface area contributed by atoms with E-state index in [1.807, 2.05) is 32.0 Å². The summed E-state index contributed by atoms with van der Waals surface area (Å²) in [4.78, 5) is 23.8. The summed E-state index contributed by atoms with van der Waals surface area (Å²) in [6, 6.07) is 5.06. The monoisotopic (exact) mass is 341 g/mol. The first kappa shape index (κ1) is 18.4. The molecule has 0 fully saturated rings. The second-order valence-electron chi connectivity index (χ2n) is 6.01.